The van der Waals surface area contributed by atoms with Gasteiger partial charge in [0.15, 0.2) is 6.23 Å². The fourth-order valence-electron chi connectivity index (χ4n) is 0.542. The average molecular weight is 212 g/mol. The maximum Gasteiger partial charge on any atom is 0.189 e. The number of hydrogen-bond acceptors (Lipinski definition) is 1. The lowest BCUT2D eigenvalue weighted by Crippen LogP contribution is -3.00. The van der Waals surface area contributed by atoms with Crippen molar-refractivity contribution >= 4 is 0 Å². The van der Waals surface area contributed by atoms with Gasteiger partial charge in [-0.3, -0.25) is 0 Å². The number of ether oxygens (including phenoxy) is 1. The summed E-state index contributed by atoms with van der Waals surface area (Å²) in [6, 6.07) is 0. The zero-order chi connectivity index (χ0) is 7.49. The molecule has 64 valence electrons. The lowest BCUT2D eigenvalue weighted by Gasteiger charge is -2.33. The molecule has 0 aliphatic carbocycles. The Bertz CT molecular complexity index is 85.7. The largest absolute Gasteiger partial charge is 1.00 e. The molecule has 0 aromatic rings. The van der Waals surface area contributed by atoms with Crippen LogP contribution in [0.25, 0.3) is 0 Å². The number of quaternary nitrogens is 1. The van der Waals surface area contributed by atoms with Gasteiger partial charge in [0.05, 0.1) is 20.6 Å². The Morgan fingerprint density at radius 2 is 1.80 bits per heavy atom. The molecule has 0 spiro atoms. The lowest BCUT2D eigenvalue weighted by molar-refractivity contribution is -0.933. The molecule has 0 aromatic heterocycles. The van der Waals surface area contributed by atoms with Gasteiger partial charge in [-0.05, 0) is 6.92 Å². The van der Waals surface area contributed by atoms with E-state index in [-0.39, 0.29) is 17.0 Å². The molecule has 0 heterocycles. The molecule has 0 aliphatic rings. The molecular weight excluding hydrogens is 194 g/mol. The molecule has 0 aliphatic heterocycles. The van der Waals surface area contributed by atoms with Crippen LogP contribution in [0.3, 0.4) is 0 Å². The maximum atomic E-state index is 5.18. The highest BCUT2D eigenvalue weighted by Crippen LogP contribution is 2.04. The van der Waals surface area contributed by atoms with E-state index in [0.29, 0.717) is 6.23 Å². The standard InChI is InChI=1S/C7H18NO.BrH/c1-6-8(3,4)7(2)9-5;/h7H,6H2,1-5H3;1H/q+1;/p-1. The highest BCUT2D eigenvalue weighted by molar-refractivity contribution is 4.29. The molecule has 0 saturated carbocycles. The zero-order valence-corrected chi connectivity index (χ0v) is 9.10. The van der Waals surface area contributed by atoms with Gasteiger partial charge in [-0.1, -0.05) is 0 Å². The highest BCUT2D eigenvalue weighted by atomic mass is 79.9. The van der Waals surface area contributed by atoms with Crippen LogP contribution in [0.5, 0.6) is 0 Å². The zero-order valence-electron chi connectivity index (χ0n) is 7.52. The molecule has 1 unspecified atom stereocenters. The third-order valence-corrected chi connectivity index (χ3v) is 2.14. The van der Waals surface area contributed by atoms with Crippen LogP contribution in [0.15, 0.2) is 0 Å². The Kier molecular flexibility index (Phi) is 6.65. The monoisotopic (exact) mass is 211 g/mol. The van der Waals surface area contributed by atoms with Crippen LogP contribution in [0, 0.1) is 0 Å². The molecule has 1 atom stereocenters. The second kappa shape index (κ2) is 5.10. The molecule has 0 rings (SSSR count). The summed E-state index contributed by atoms with van der Waals surface area (Å²) in [7, 11) is 6.07. The van der Waals surface area contributed by atoms with Gasteiger partial charge in [0.25, 0.3) is 0 Å². The van der Waals surface area contributed by atoms with Crippen LogP contribution in [0.2, 0.25) is 0 Å². The molecule has 0 radical (unpaired) electrons. The van der Waals surface area contributed by atoms with Gasteiger partial charge in [-0.15, -0.1) is 0 Å². The third-order valence-electron chi connectivity index (χ3n) is 2.14. The smallest absolute Gasteiger partial charge is 0.189 e. The van der Waals surface area contributed by atoms with E-state index < -0.39 is 0 Å². The first kappa shape index (κ1) is 13.0. The first-order valence-corrected chi connectivity index (χ1v) is 3.40. The van der Waals surface area contributed by atoms with Gasteiger partial charge in [0.2, 0.25) is 0 Å². The minimum absolute atomic E-state index is 0. The Hall–Kier alpha value is 0.400. The van der Waals surface area contributed by atoms with Crippen molar-refractivity contribution in [2.24, 2.45) is 0 Å². The van der Waals surface area contributed by atoms with E-state index in [4.69, 9.17) is 4.74 Å². The first-order valence-electron chi connectivity index (χ1n) is 3.40. The summed E-state index contributed by atoms with van der Waals surface area (Å²) in [5.74, 6) is 0. The molecule has 3 heteroatoms. The summed E-state index contributed by atoms with van der Waals surface area (Å²) < 4.78 is 6.11. The minimum atomic E-state index is 0. The van der Waals surface area contributed by atoms with Crippen LogP contribution in [0.4, 0.5) is 0 Å². The fraction of sp³-hybridized carbons (Fsp3) is 1.00. The predicted molar refractivity (Wildman–Crippen MR) is 39.1 cm³/mol. The summed E-state index contributed by atoms with van der Waals surface area (Å²) in [5, 5.41) is 0. The van der Waals surface area contributed by atoms with E-state index in [9.17, 15) is 0 Å². The molecule has 0 fully saturated rings. The van der Waals surface area contributed by atoms with E-state index in [2.05, 4.69) is 27.9 Å². The Morgan fingerprint density at radius 1 is 1.40 bits per heavy atom. The topological polar surface area (TPSA) is 9.23 Å². The Balaban J connectivity index is 0. The van der Waals surface area contributed by atoms with Crippen LogP contribution in [0.1, 0.15) is 13.8 Å². The summed E-state index contributed by atoms with van der Waals surface area (Å²) in [6.45, 7) is 5.36. The van der Waals surface area contributed by atoms with Crippen LogP contribution in [-0.4, -0.2) is 38.5 Å². The number of methoxy groups -OCH3 is 1. The predicted octanol–water partition coefficient (Wildman–Crippen LogP) is -1.92. The van der Waals surface area contributed by atoms with Crippen molar-refractivity contribution in [2.45, 2.75) is 20.1 Å². The number of halogens is 1. The second-order valence-corrected chi connectivity index (χ2v) is 2.93. The van der Waals surface area contributed by atoms with Crippen molar-refractivity contribution < 1.29 is 26.2 Å². The average Bonchev–Trinajstić information content (AvgIpc) is 1.86. The van der Waals surface area contributed by atoms with E-state index >= 15 is 0 Å². The van der Waals surface area contributed by atoms with Crippen molar-refractivity contribution in [1.82, 2.24) is 0 Å². The van der Waals surface area contributed by atoms with Crippen molar-refractivity contribution in [3.05, 3.63) is 0 Å². The van der Waals surface area contributed by atoms with E-state index in [0.717, 1.165) is 11.0 Å². The summed E-state index contributed by atoms with van der Waals surface area (Å²) >= 11 is 0. The van der Waals surface area contributed by atoms with Gasteiger partial charge in [0, 0.05) is 14.0 Å². The van der Waals surface area contributed by atoms with Crippen molar-refractivity contribution in [2.75, 3.05) is 27.7 Å². The van der Waals surface area contributed by atoms with E-state index in [1.165, 1.54) is 0 Å². The Labute approximate surface area is 74.5 Å². The van der Waals surface area contributed by atoms with Crippen molar-refractivity contribution in [3.63, 3.8) is 0 Å². The molecule has 2 nitrogen and oxygen atoms in total. The van der Waals surface area contributed by atoms with E-state index in [1.54, 1.807) is 7.11 Å². The Morgan fingerprint density at radius 3 is 1.90 bits per heavy atom. The van der Waals surface area contributed by atoms with Crippen LogP contribution < -0.4 is 17.0 Å². The van der Waals surface area contributed by atoms with Gasteiger partial charge < -0.3 is 26.2 Å². The van der Waals surface area contributed by atoms with Crippen LogP contribution in [-0.2, 0) is 4.74 Å². The summed E-state index contributed by atoms with van der Waals surface area (Å²) in [5.41, 5.74) is 0. The molecule has 0 bridgehead atoms. The molecule has 0 aromatic carbocycles. The third kappa shape index (κ3) is 3.54. The molecular formula is C7H18BrNO. The second-order valence-electron chi connectivity index (χ2n) is 2.93. The van der Waals surface area contributed by atoms with Crippen molar-refractivity contribution in [3.8, 4) is 0 Å². The van der Waals surface area contributed by atoms with Gasteiger partial charge >= 0.3 is 0 Å². The number of rotatable bonds is 3. The minimum Gasteiger partial charge on any atom is -1.00 e. The molecule has 0 saturated heterocycles. The number of hydrogen-bond donors (Lipinski definition) is 0. The first-order chi connectivity index (χ1) is 4.04. The lowest BCUT2D eigenvalue weighted by atomic mass is 10.4. The molecule has 0 N–H and O–H groups in total. The van der Waals surface area contributed by atoms with Crippen molar-refractivity contribution in [1.29, 1.82) is 0 Å². The van der Waals surface area contributed by atoms with E-state index in [1.807, 2.05) is 0 Å². The number of nitrogens with zero attached hydrogens (tertiary/aromatic N) is 1. The fourth-order valence-corrected chi connectivity index (χ4v) is 0.542. The summed E-state index contributed by atoms with van der Waals surface area (Å²) in [6.07, 6.45) is 0.301. The highest BCUT2D eigenvalue weighted by Gasteiger charge is 2.19. The van der Waals surface area contributed by atoms with Crippen LogP contribution >= 0.6 is 0 Å². The van der Waals surface area contributed by atoms with Gasteiger partial charge in [-0.25, -0.2) is 0 Å². The maximum absolute atomic E-state index is 5.18. The van der Waals surface area contributed by atoms with Gasteiger partial charge in [-0.2, -0.15) is 0 Å². The van der Waals surface area contributed by atoms with Gasteiger partial charge in [0.1, 0.15) is 0 Å². The quantitative estimate of drug-likeness (QED) is 0.391. The summed E-state index contributed by atoms with van der Waals surface area (Å²) in [4.78, 5) is 0. The molecule has 0 amide bonds. The normalized spacial score (nSPS) is 14.1. The SMILES string of the molecule is CC[N+](C)(C)C(C)OC.[Br-]. The molecule has 10 heavy (non-hydrogen) atoms.